The van der Waals surface area contributed by atoms with Crippen molar-refractivity contribution in [2.75, 3.05) is 6.61 Å². The molecule has 2 bridgehead atoms. The van der Waals surface area contributed by atoms with Crippen LogP contribution in [0.25, 0.3) is 0 Å². The number of carbonyl (C=O) groups is 1. The Morgan fingerprint density at radius 3 is 2.68 bits per heavy atom. The summed E-state index contributed by atoms with van der Waals surface area (Å²) in [6.45, 7) is 0.199. The molecule has 2 rings (SSSR count). The van der Waals surface area contributed by atoms with E-state index in [-0.39, 0.29) is 12.3 Å². The van der Waals surface area contributed by atoms with Gasteiger partial charge in [0.1, 0.15) is 0 Å². The highest BCUT2D eigenvalue weighted by Crippen LogP contribution is 2.44. The molecule has 6 nitrogen and oxygen atoms in total. The van der Waals surface area contributed by atoms with Gasteiger partial charge >= 0.3 is 21.3 Å². The van der Waals surface area contributed by atoms with Crippen molar-refractivity contribution in [2.45, 2.75) is 43.5 Å². The summed E-state index contributed by atoms with van der Waals surface area (Å²) in [7, 11) is -5.63. The third-order valence-corrected chi connectivity index (χ3v) is 4.88. The van der Waals surface area contributed by atoms with Crippen molar-refractivity contribution < 1.29 is 36.4 Å². The van der Waals surface area contributed by atoms with Crippen LogP contribution in [0.3, 0.4) is 0 Å². The molecule has 0 heterocycles. The van der Waals surface area contributed by atoms with Crippen LogP contribution < -0.4 is 0 Å². The van der Waals surface area contributed by atoms with Crippen LogP contribution in [0, 0.1) is 11.8 Å². The van der Waals surface area contributed by atoms with Gasteiger partial charge in [-0.3, -0.25) is 9.35 Å². The molecule has 9 heteroatoms. The molecule has 126 valence electrons. The molecule has 1 saturated carbocycles. The SMILES string of the molecule is CC1C=C2CC(C(=O)OCC(F)(F)S(=O)(=O)O)CC(O)(C2)C1. The summed E-state index contributed by atoms with van der Waals surface area (Å²) in [4.78, 5) is 11.9. The fraction of sp³-hybridized carbons (Fsp3) is 0.769. The van der Waals surface area contributed by atoms with Gasteiger partial charge in [0.25, 0.3) is 0 Å². The molecular formula is C13H18F2O6S. The minimum absolute atomic E-state index is 0.0883. The quantitative estimate of drug-likeness (QED) is 0.457. The van der Waals surface area contributed by atoms with Crippen molar-refractivity contribution in [3.63, 3.8) is 0 Å². The minimum Gasteiger partial charge on any atom is -0.458 e. The molecule has 0 spiro atoms. The Kier molecular flexibility index (Phi) is 4.35. The van der Waals surface area contributed by atoms with Gasteiger partial charge in [0.15, 0.2) is 6.61 Å². The maximum absolute atomic E-state index is 13.0. The molecule has 0 aromatic heterocycles. The van der Waals surface area contributed by atoms with E-state index in [1.165, 1.54) is 0 Å². The number of allylic oxidation sites excluding steroid dienone is 1. The fourth-order valence-corrected chi connectivity index (χ4v) is 3.48. The van der Waals surface area contributed by atoms with Crippen LogP contribution >= 0.6 is 0 Å². The van der Waals surface area contributed by atoms with Crippen LogP contribution in [-0.4, -0.2) is 41.5 Å². The van der Waals surface area contributed by atoms with Crippen molar-refractivity contribution in [1.82, 2.24) is 0 Å². The molecule has 0 amide bonds. The van der Waals surface area contributed by atoms with Crippen LogP contribution in [0.5, 0.6) is 0 Å². The third-order valence-electron chi connectivity index (χ3n) is 4.01. The molecule has 0 saturated heterocycles. The monoisotopic (exact) mass is 340 g/mol. The van der Waals surface area contributed by atoms with E-state index in [2.05, 4.69) is 4.74 Å². The van der Waals surface area contributed by atoms with E-state index in [4.69, 9.17) is 4.55 Å². The number of halogens is 2. The van der Waals surface area contributed by atoms with Crippen LogP contribution in [0.4, 0.5) is 8.78 Å². The number of hydrogen-bond acceptors (Lipinski definition) is 5. The van der Waals surface area contributed by atoms with Gasteiger partial charge in [-0.15, -0.1) is 0 Å². The van der Waals surface area contributed by atoms with Crippen LogP contribution in [0.2, 0.25) is 0 Å². The van der Waals surface area contributed by atoms with Crippen LogP contribution in [-0.2, 0) is 19.6 Å². The van der Waals surface area contributed by atoms with E-state index in [1.54, 1.807) is 0 Å². The fourth-order valence-electron chi connectivity index (χ4n) is 3.27. The van der Waals surface area contributed by atoms with E-state index < -0.39 is 39.5 Å². The van der Waals surface area contributed by atoms with Gasteiger partial charge in [0.05, 0.1) is 11.5 Å². The highest BCUT2D eigenvalue weighted by atomic mass is 32.2. The summed E-state index contributed by atoms with van der Waals surface area (Å²) >= 11 is 0. The molecule has 22 heavy (non-hydrogen) atoms. The number of alkyl halides is 2. The van der Waals surface area contributed by atoms with E-state index in [0.717, 1.165) is 5.57 Å². The molecule has 2 aliphatic carbocycles. The largest absolute Gasteiger partial charge is 0.458 e. The topological polar surface area (TPSA) is 101 Å². The molecule has 3 atom stereocenters. The van der Waals surface area contributed by atoms with Crippen LogP contribution in [0.1, 0.15) is 32.6 Å². The van der Waals surface area contributed by atoms with Gasteiger partial charge in [-0.25, -0.2) is 0 Å². The Bertz CT molecular complexity index is 600. The Morgan fingerprint density at radius 2 is 2.14 bits per heavy atom. The number of rotatable bonds is 4. The summed E-state index contributed by atoms with van der Waals surface area (Å²) in [6.07, 6.45) is 3.25. The predicted molar refractivity (Wildman–Crippen MR) is 71.6 cm³/mol. The second kappa shape index (κ2) is 5.54. The lowest BCUT2D eigenvalue weighted by Gasteiger charge is -2.42. The summed E-state index contributed by atoms with van der Waals surface area (Å²) < 4.78 is 59.7. The second-order valence-electron chi connectivity index (χ2n) is 6.23. The maximum atomic E-state index is 13.0. The lowest BCUT2D eigenvalue weighted by Crippen LogP contribution is -2.43. The van der Waals surface area contributed by atoms with E-state index in [1.807, 2.05) is 13.0 Å². The molecule has 2 N–H and O–H groups in total. The Hall–Kier alpha value is -1.06. The first-order chi connectivity index (χ1) is 9.92. The first-order valence-electron chi connectivity index (χ1n) is 6.85. The lowest BCUT2D eigenvalue weighted by molar-refractivity contribution is -0.158. The standard InChI is InChI=1S/C13H18F2O6S/c1-8-2-9-3-10(6-12(17,4-8)5-9)11(16)21-7-13(14,15)22(18,19)20/h2,8,10,17H,3-7H2,1H3,(H,18,19,20). The summed E-state index contributed by atoms with van der Waals surface area (Å²) in [5, 5.41) is 5.87. The average Bonchev–Trinajstić information content (AvgIpc) is 2.31. The first kappa shape index (κ1) is 17.3. The van der Waals surface area contributed by atoms with Gasteiger partial charge in [-0.1, -0.05) is 18.6 Å². The van der Waals surface area contributed by atoms with Crippen molar-refractivity contribution in [2.24, 2.45) is 11.8 Å². The van der Waals surface area contributed by atoms with Crippen molar-refractivity contribution >= 4 is 16.1 Å². The highest BCUT2D eigenvalue weighted by molar-refractivity contribution is 7.86. The van der Waals surface area contributed by atoms with Gasteiger partial charge in [0, 0.05) is 0 Å². The molecule has 1 fully saturated rings. The second-order valence-corrected chi connectivity index (χ2v) is 7.78. The van der Waals surface area contributed by atoms with Crippen molar-refractivity contribution in [1.29, 1.82) is 0 Å². The molecule has 3 unspecified atom stereocenters. The lowest BCUT2D eigenvalue weighted by atomic mass is 9.68. The van der Waals surface area contributed by atoms with Crippen molar-refractivity contribution in [3.05, 3.63) is 11.6 Å². The molecular weight excluding hydrogens is 322 g/mol. The number of hydrogen-bond donors (Lipinski definition) is 2. The maximum Gasteiger partial charge on any atom is 0.402 e. The zero-order valence-electron chi connectivity index (χ0n) is 12.0. The van der Waals surface area contributed by atoms with Crippen LogP contribution in [0.15, 0.2) is 11.6 Å². The molecule has 0 aliphatic heterocycles. The Labute approximate surface area is 126 Å². The third kappa shape index (κ3) is 3.64. The number of carbonyl (C=O) groups excluding carboxylic acids is 1. The number of fused-ring (bicyclic) bond motifs is 2. The normalized spacial score (nSPS) is 32.3. The molecule has 0 aromatic rings. The zero-order valence-corrected chi connectivity index (χ0v) is 12.8. The molecule has 0 radical (unpaired) electrons. The van der Waals surface area contributed by atoms with E-state index in [9.17, 15) is 27.1 Å². The molecule has 0 aromatic carbocycles. The minimum atomic E-state index is -5.63. The summed E-state index contributed by atoms with van der Waals surface area (Å²) in [5.74, 6) is -1.62. The zero-order chi connectivity index (χ0) is 16.8. The first-order valence-corrected chi connectivity index (χ1v) is 8.29. The Morgan fingerprint density at radius 1 is 1.50 bits per heavy atom. The van der Waals surface area contributed by atoms with Gasteiger partial charge < -0.3 is 9.84 Å². The highest BCUT2D eigenvalue weighted by Gasteiger charge is 2.47. The van der Waals surface area contributed by atoms with Crippen molar-refractivity contribution in [3.8, 4) is 0 Å². The number of aliphatic hydroxyl groups is 1. The average molecular weight is 340 g/mol. The molecule has 2 aliphatic rings. The number of esters is 1. The van der Waals surface area contributed by atoms with E-state index >= 15 is 0 Å². The van der Waals surface area contributed by atoms with Gasteiger partial charge in [-0.2, -0.15) is 17.2 Å². The van der Waals surface area contributed by atoms with Gasteiger partial charge in [0.2, 0.25) is 0 Å². The van der Waals surface area contributed by atoms with Gasteiger partial charge in [-0.05, 0) is 31.6 Å². The number of ether oxygens (including phenoxy) is 1. The Balaban J connectivity index is 2.02. The summed E-state index contributed by atoms with van der Waals surface area (Å²) in [6, 6.07) is 0. The summed E-state index contributed by atoms with van der Waals surface area (Å²) in [5.41, 5.74) is -0.187. The predicted octanol–water partition coefficient (Wildman–Crippen LogP) is 1.51. The smallest absolute Gasteiger partial charge is 0.402 e. The van der Waals surface area contributed by atoms with E-state index in [0.29, 0.717) is 19.3 Å².